The van der Waals surface area contributed by atoms with Crippen molar-refractivity contribution in [3.8, 4) is 0 Å². The molecule has 0 spiro atoms. The third kappa shape index (κ3) is 5.14. The first kappa shape index (κ1) is 16.5. The van der Waals surface area contributed by atoms with Crippen molar-refractivity contribution in [2.45, 2.75) is 65.8 Å². The van der Waals surface area contributed by atoms with Crippen LogP contribution in [-0.4, -0.2) is 6.54 Å². The summed E-state index contributed by atoms with van der Waals surface area (Å²) >= 11 is 0. The van der Waals surface area contributed by atoms with E-state index in [2.05, 4.69) is 57.3 Å². The molecule has 1 aliphatic carbocycles. The monoisotopic (exact) mass is 287 g/mol. The molecular formula is C20H33N. The van der Waals surface area contributed by atoms with E-state index in [1.807, 2.05) is 0 Å². The molecule has 0 bridgehead atoms. The molecule has 1 aromatic carbocycles. The Morgan fingerprint density at radius 3 is 2.33 bits per heavy atom. The summed E-state index contributed by atoms with van der Waals surface area (Å²) in [6, 6.07) is 9.68. The van der Waals surface area contributed by atoms with Crippen LogP contribution in [0.15, 0.2) is 24.3 Å². The van der Waals surface area contributed by atoms with Crippen LogP contribution in [0.5, 0.6) is 0 Å². The lowest BCUT2D eigenvalue weighted by molar-refractivity contribution is 0.242. The van der Waals surface area contributed by atoms with Gasteiger partial charge < -0.3 is 5.32 Å². The Morgan fingerprint density at radius 2 is 1.71 bits per heavy atom. The van der Waals surface area contributed by atoms with Crippen molar-refractivity contribution >= 4 is 0 Å². The number of hydrogen-bond donors (Lipinski definition) is 1. The van der Waals surface area contributed by atoms with Gasteiger partial charge in [-0.3, -0.25) is 0 Å². The Balaban J connectivity index is 1.83. The van der Waals surface area contributed by atoms with Gasteiger partial charge in [0.1, 0.15) is 0 Å². The van der Waals surface area contributed by atoms with Gasteiger partial charge in [-0.1, -0.05) is 64.3 Å². The summed E-state index contributed by atoms with van der Waals surface area (Å²) in [6.45, 7) is 10.5. The maximum absolute atomic E-state index is 3.76. The van der Waals surface area contributed by atoms with E-state index in [0.717, 1.165) is 17.8 Å². The molecule has 0 aromatic heterocycles. The van der Waals surface area contributed by atoms with Crippen LogP contribution >= 0.6 is 0 Å². The van der Waals surface area contributed by atoms with E-state index in [4.69, 9.17) is 0 Å². The van der Waals surface area contributed by atoms with Crippen LogP contribution in [0.4, 0.5) is 0 Å². The van der Waals surface area contributed by atoms with Crippen LogP contribution in [0.2, 0.25) is 0 Å². The average molecular weight is 287 g/mol. The maximum atomic E-state index is 3.76. The quantitative estimate of drug-likeness (QED) is 0.742. The van der Waals surface area contributed by atoms with Crippen molar-refractivity contribution in [3.05, 3.63) is 35.4 Å². The lowest BCUT2D eigenvalue weighted by Crippen LogP contribution is -2.31. The van der Waals surface area contributed by atoms with Gasteiger partial charge in [0.05, 0.1) is 0 Å². The summed E-state index contributed by atoms with van der Waals surface area (Å²) in [5.74, 6) is 2.51. The van der Waals surface area contributed by atoms with Crippen molar-refractivity contribution in [1.82, 2.24) is 5.32 Å². The highest BCUT2D eigenvalue weighted by molar-refractivity contribution is 5.25. The first-order valence-electron chi connectivity index (χ1n) is 8.88. The molecule has 1 fully saturated rings. The van der Waals surface area contributed by atoms with Gasteiger partial charge in [-0.15, -0.1) is 0 Å². The normalized spacial score (nSPS) is 24.2. The van der Waals surface area contributed by atoms with E-state index in [0.29, 0.717) is 6.04 Å². The van der Waals surface area contributed by atoms with Crippen LogP contribution < -0.4 is 5.32 Å². The molecule has 1 nitrogen and oxygen atoms in total. The largest absolute Gasteiger partial charge is 0.310 e. The maximum Gasteiger partial charge on any atom is 0.0291 e. The zero-order valence-corrected chi connectivity index (χ0v) is 14.4. The molecule has 1 aliphatic rings. The summed E-state index contributed by atoms with van der Waals surface area (Å²) in [4.78, 5) is 0. The van der Waals surface area contributed by atoms with Gasteiger partial charge in [0, 0.05) is 6.04 Å². The predicted molar refractivity (Wildman–Crippen MR) is 92.5 cm³/mol. The van der Waals surface area contributed by atoms with Crippen molar-refractivity contribution in [2.24, 2.45) is 17.8 Å². The lowest BCUT2D eigenvalue weighted by atomic mass is 9.80. The number of benzene rings is 1. The van der Waals surface area contributed by atoms with Gasteiger partial charge in [0.25, 0.3) is 0 Å². The van der Waals surface area contributed by atoms with Crippen LogP contribution in [0.3, 0.4) is 0 Å². The molecule has 1 N–H and O–H groups in total. The Labute approximate surface area is 131 Å². The first-order chi connectivity index (χ1) is 10.1. The zero-order chi connectivity index (χ0) is 15.2. The average Bonchev–Trinajstić information content (AvgIpc) is 2.46. The molecule has 3 unspecified atom stereocenters. The Hall–Kier alpha value is -0.820. The number of nitrogens with one attached hydrogen (secondary N) is 1. The minimum atomic E-state index is 0.465. The summed E-state index contributed by atoms with van der Waals surface area (Å²) < 4.78 is 0. The van der Waals surface area contributed by atoms with Gasteiger partial charge in [-0.2, -0.15) is 0 Å². The summed E-state index contributed by atoms with van der Waals surface area (Å²) in [5.41, 5.74) is 2.88. The SMILES string of the molecule is CC(C)Cc1ccc(C(C)NCC2CCCCC2C)cc1. The standard InChI is InChI=1S/C20H33N/c1-15(2)13-18-9-11-19(12-10-18)17(4)21-14-20-8-6-5-7-16(20)3/h9-12,15-17,20-21H,5-8,13-14H2,1-4H3. The third-order valence-corrected chi connectivity index (χ3v) is 5.10. The molecular weight excluding hydrogens is 254 g/mol. The van der Waals surface area contributed by atoms with Gasteiger partial charge in [-0.05, 0) is 55.2 Å². The molecule has 0 aliphatic heterocycles. The molecule has 0 heterocycles. The minimum Gasteiger partial charge on any atom is -0.310 e. The molecule has 0 amide bonds. The molecule has 0 radical (unpaired) electrons. The highest BCUT2D eigenvalue weighted by Gasteiger charge is 2.21. The molecule has 3 atom stereocenters. The fourth-order valence-corrected chi connectivity index (χ4v) is 3.56. The van der Waals surface area contributed by atoms with Gasteiger partial charge in [0.15, 0.2) is 0 Å². The second kappa shape index (κ2) is 7.98. The predicted octanol–water partition coefficient (Wildman–Crippen LogP) is 5.36. The summed E-state index contributed by atoms with van der Waals surface area (Å²) in [7, 11) is 0. The van der Waals surface area contributed by atoms with Crippen LogP contribution in [0.1, 0.15) is 70.5 Å². The molecule has 1 heteroatoms. The van der Waals surface area contributed by atoms with E-state index in [1.54, 1.807) is 0 Å². The zero-order valence-electron chi connectivity index (χ0n) is 14.4. The Morgan fingerprint density at radius 1 is 1.05 bits per heavy atom. The van der Waals surface area contributed by atoms with Crippen LogP contribution in [0, 0.1) is 17.8 Å². The summed E-state index contributed by atoms with van der Waals surface area (Å²) in [5, 5.41) is 3.76. The van der Waals surface area contributed by atoms with E-state index in [9.17, 15) is 0 Å². The number of hydrogen-bond acceptors (Lipinski definition) is 1. The lowest BCUT2D eigenvalue weighted by Gasteiger charge is -2.30. The molecule has 1 aromatic rings. The highest BCUT2D eigenvalue weighted by atomic mass is 14.9. The third-order valence-electron chi connectivity index (χ3n) is 5.10. The molecule has 2 rings (SSSR count). The second-order valence-electron chi connectivity index (χ2n) is 7.49. The van der Waals surface area contributed by atoms with Crippen molar-refractivity contribution < 1.29 is 0 Å². The highest BCUT2D eigenvalue weighted by Crippen LogP contribution is 2.29. The van der Waals surface area contributed by atoms with Crippen molar-refractivity contribution in [2.75, 3.05) is 6.54 Å². The molecule has 0 saturated heterocycles. The fourth-order valence-electron chi connectivity index (χ4n) is 3.56. The second-order valence-corrected chi connectivity index (χ2v) is 7.49. The smallest absolute Gasteiger partial charge is 0.0291 e. The van der Waals surface area contributed by atoms with E-state index in [-0.39, 0.29) is 0 Å². The fraction of sp³-hybridized carbons (Fsp3) is 0.700. The number of rotatable bonds is 6. The van der Waals surface area contributed by atoms with Crippen molar-refractivity contribution in [1.29, 1.82) is 0 Å². The van der Waals surface area contributed by atoms with Gasteiger partial charge in [0.2, 0.25) is 0 Å². The topological polar surface area (TPSA) is 12.0 Å². The van der Waals surface area contributed by atoms with E-state index < -0.39 is 0 Å². The van der Waals surface area contributed by atoms with Gasteiger partial charge in [-0.25, -0.2) is 0 Å². The Bertz CT molecular complexity index is 406. The minimum absolute atomic E-state index is 0.465. The summed E-state index contributed by atoms with van der Waals surface area (Å²) in [6.07, 6.45) is 6.88. The van der Waals surface area contributed by atoms with Crippen LogP contribution in [-0.2, 0) is 6.42 Å². The Kier molecular flexibility index (Phi) is 6.29. The molecule has 118 valence electrons. The van der Waals surface area contributed by atoms with Crippen LogP contribution in [0.25, 0.3) is 0 Å². The van der Waals surface area contributed by atoms with E-state index >= 15 is 0 Å². The molecule has 1 saturated carbocycles. The first-order valence-corrected chi connectivity index (χ1v) is 8.88. The van der Waals surface area contributed by atoms with Crippen molar-refractivity contribution in [3.63, 3.8) is 0 Å². The molecule has 21 heavy (non-hydrogen) atoms. The van der Waals surface area contributed by atoms with E-state index in [1.165, 1.54) is 49.8 Å². The van der Waals surface area contributed by atoms with Gasteiger partial charge >= 0.3 is 0 Å².